The average Bonchev–Trinajstić information content (AvgIpc) is 3.12. The zero-order valence-corrected chi connectivity index (χ0v) is 20.3. The molecule has 1 aliphatic heterocycles. The van der Waals surface area contributed by atoms with Crippen molar-refractivity contribution < 1.29 is 23.5 Å². The molecule has 0 spiro atoms. The van der Waals surface area contributed by atoms with Crippen LogP contribution in [0.15, 0.2) is 77.7 Å². The first kappa shape index (κ1) is 24.4. The molecule has 1 fully saturated rings. The van der Waals surface area contributed by atoms with Gasteiger partial charge in [0.05, 0.1) is 11.5 Å². The summed E-state index contributed by atoms with van der Waals surface area (Å²) in [5, 5.41) is 1.07. The molecule has 0 atom stereocenters. The van der Waals surface area contributed by atoms with Crippen LogP contribution in [0.1, 0.15) is 28.4 Å². The van der Waals surface area contributed by atoms with Gasteiger partial charge >= 0.3 is 0 Å². The summed E-state index contributed by atoms with van der Waals surface area (Å²) in [5.41, 5.74) is 4.51. The summed E-state index contributed by atoms with van der Waals surface area (Å²) >= 11 is 6.40. The molecule has 0 bridgehead atoms. The highest BCUT2D eigenvalue weighted by molar-refractivity contribution is 8.26. The van der Waals surface area contributed by atoms with Crippen molar-refractivity contribution in [3.8, 4) is 11.5 Å². The fourth-order valence-electron chi connectivity index (χ4n) is 3.21. The van der Waals surface area contributed by atoms with Gasteiger partial charge in [0.25, 0.3) is 11.8 Å². The second-order valence-electron chi connectivity index (χ2n) is 7.38. The summed E-state index contributed by atoms with van der Waals surface area (Å²) in [6.45, 7) is 2.53. The second kappa shape index (κ2) is 11.2. The number of hydrazine groups is 1. The van der Waals surface area contributed by atoms with E-state index in [1.54, 1.807) is 66.7 Å². The van der Waals surface area contributed by atoms with Crippen LogP contribution in [0.4, 0.5) is 4.39 Å². The smallest absolute Gasteiger partial charge is 0.285 e. The van der Waals surface area contributed by atoms with Crippen LogP contribution in [0.3, 0.4) is 0 Å². The molecule has 3 aromatic carbocycles. The van der Waals surface area contributed by atoms with Crippen LogP contribution < -0.4 is 14.9 Å². The molecule has 1 N–H and O–H groups in total. The number of hydrogen-bond donors (Lipinski definition) is 1. The normalized spacial score (nSPS) is 14.3. The van der Waals surface area contributed by atoms with Gasteiger partial charge in [-0.1, -0.05) is 48.2 Å². The molecule has 9 heteroatoms. The third-order valence-electron chi connectivity index (χ3n) is 4.92. The van der Waals surface area contributed by atoms with Crippen molar-refractivity contribution in [3.63, 3.8) is 0 Å². The number of carbonyl (C=O) groups is 2. The van der Waals surface area contributed by atoms with Gasteiger partial charge in [-0.3, -0.25) is 15.0 Å². The molecule has 2 amide bonds. The van der Waals surface area contributed by atoms with E-state index in [-0.39, 0.29) is 16.7 Å². The number of thiocarbonyl (C=S) groups is 1. The van der Waals surface area contributed by atoms with Crippen molar-refractivity contribution >= 4 is 46.2 Å². The summed E-state index contributed by atoms with van der Waals surface area (Å²) in [7, 11) is 0. The monoisotopic (exact) mass is 508 g/mol. The standard InChI is InChI=1S/C26H21FN2O4S2/c1-2-32-22-14-18(10-13-21(22)33-16-17-8-11-20(27)12-9-17)15-23-25(31)29(26(34)35-23)28-24(30)19-6-4-3-5-7-19/h3-15H,2,16H2,1H3,(H,28,30)/b23-15-. The van der Waals surface area contributed by atoms with Gasteiger partial charge in [-0.25, -0.2) is 4.39 Å². The van der Waals surface area contributed by atoms with Crippen molar-refractivity contribution in [1.82, 2.24) is 10.4 Å². The molecule has 0 radical (unpaired) electrons. The van der Waals surface area contributed by atoms with Gasteiger partial charge in [0.2, 0.25) is 0 Å². The van der Waals surface area contributed by atoms with Crippen molar-refractivity contribution in [2.24, 2.45) is 0 Å². The van der Waals surface area contributed by atoms with E-state index in [4.69, 9.17) is 21.7 Å². The Labute approximate surface area is 211 Å². The number of nitrogens with zero attached hydrogens (tertiary/aromatic N) is 1. The average molecular weight is 509 g/mol. The fraction of sp³-hybridized carbons (Fsp3) is 0.115. The van der Waals surface area contributed by atoms with Crippen LogP contribution in [0.25, 0.3) is 6.08 Å². The molecule has 1 aliphatic rings. The highest BCUT2D eigenvalue weighted by atomic mass is 32.2. The van der Waals surface area contributed by atoms with Crippen molar-refractivity contribution in [1.29, 1.82) is 0 Å². The Hall–Kier alpha value is -3.69. The largest absolute Gasteiger partial charge is 0.490 e. The lowest BCUT2D eigenvalue weighted by molar-refractivity contribution is -0.123. The third-order valence-corrected chi connectivity index (χ3v) is 6.22. The lowest BCUT2D eigenvalue weighted by Gasteiger charge is -2.15. The maximum atomic E-state index is 13.1. The fourth-order valence-corrected chi connectivity index (χ4v) is 4.39. The van der Waals surface area contributed by atoms with Crippen LogP contribution >= 0.6 is 24.0 Å². The Balaban J connectivity index is 1.48. The number of amides is 2. The minimum Gasteiger partial charge on any atom is -0.490 e. The van der Waals surface area contributed by atoms with Crippen LogP contribution in [-0.2, 0) is 11.4 Å². The van der Waals surface area contributed by atoms with Crippen LogP contribution in [0, 0.1) is 5.82 Å². The molecule has 178 valence electrons. The molecule has 35 heavy (non-hydrogen) atoms. The number of halogens is 1. The number of thioether (sulfide) groups is 1. The predicted octanol–water partition coefficient (Wildman–Crippen LogP) is 5.35. The zero-order valence-electron chi connectivity index (χ0n) is 18.7. The molecule has 4 rings (SSSR count). The third kappa shape index (κ3) is 6.06. The number of hydrogen-bond acceptors (Lipinski definition) is 6. The first-order valence-electron chi connectivity index (χ1n) is 10.7. The predicted molar refractivity (Wildman–Crippen MR) is 137 cm³/mol. The molecule has 0 aromatic heterocycles. The maximum Gasteiger partial charge on any atom is 0.285 e. The number of carbonyl (C=O) groups excluding carboxylic acids is 2. The van der Waals surface area contributed by atoms with Crippen molar-refractivity contribution in [2.45, 2.75) is 13.5 Å². The maximum absolute atomic E-state index is 13.1. The van der Waals surface area contributed by atoms with Gasteiger partial charge in [0.1, 0.15) is 12.4 Å². The van der Waals surface area contributed by atoms with Crippen LogP contribution in [0.2, 0.25) is 0 Å². The van der Waals surface area contributed by atoms with Crippen molar-refractivity contribution in [2.75, 3.05) is 6.61 Å². The Bertz CT molecular complexity index is 1280. The van der Waals surface area contributed by atoms with Gasteiger partial charge in [-0.2, -0.15) is 5.01 Å². The minimum absolute atomic E-state index is 0.231. The van der Waals surface area contributed by atoms with E-state index in [0.29, 0.717) is 34.1 Å². The molecule has 0 unspecified atom stereocenters. The summed E-state index contributed by atoms with van der Waals surface area (Å²) < 4.78 is 24.9. The quantitative estimate of drug-likeness (QED) is 0.327. The zero-order chi connectivity index (χ0) is 24.8. The number of nitrogens with one attached hydrogen (secondary N) is 1. The number of benzene rings is 3. The van der Waals surface area contributed by atoms with Gasteiger partial charge in [0, 0.05) is 5.56 Å². The first-order chi connectivity index (χ1) is 16.9. The molecule has 0 aliphatic carbocycles. The van der Waals surface area contributed by atoms with E-state index < -0.39 is 11.8 Å². The molecule has 3 aromatic rings. The summed E-state index contributed by atoms with van der Waals surface area (Å²) in [4.78, 5) is 25.7. The van der Waals surface area contributed by atoms with Gasteiger partial charge in [-0.05, 0) is 72.7 Å². The van der Waals surface area contributed by atoms with Gasteiger partial charge in [-0.15, -0.1) is 0 Å². The molecule has 1 heterocycles. The highest BCUT2D eigenvalue weighted by Crippen LogP contribution is 2.34. The van der Waals surface area contributed by atoms with Crippen LogP contribution in [0.5, 0.6) is 11.5 Å². The van der Waals surface area contributed by atoms with Crippen molar-refractivity contribution in [3.05, 3.63) is 100 Å². The minimum atomic E-state index is -0.426. The topological polar surface area (TPSA) is 67.9 Å². The molecule has 6 nitrogen and oxygen atoms in total. The summed E-state index contributed by atoms with van der Waals surface area (Å²) in [6.07, 6.45) is 1.68. The van der Waals surface area contributed by atoms with E-state index in [1.165, 1.54) is 12.1 Å². The van der Waals surface area contributed by atoms with E-state index >= 15 is 0 Å². The Morgan fingerprint density at radius 2 is 1.80 bits per heavy atom. The van der Waals surface area contributed by atoms with E-state index in [0.717, 1.165) is 22.3 Å². The van der Waals surface area contributed by atoms with E-state index in [2.05, 4.69) is 5.43 Å². The Morgan fingerprint density at radius 1 is 1.06 bits per heavy atom. The van der Waals surface area contributed by atoms with E-state index in [1.807, 2.05) is 6.92 Å². The Kier molecular flexibility index (Phi) is 7.79. The van der Waals surface area contributed by atoms with E-state index in [9.17, 15) is 14.0 Å². The van der Waals surface area contributed by atoms with Gasteiger partial charge in [0.15, 0.2) is 15.8 Å². The first-order valence-corrected chi connectivity index (χ1v) is 11.9. The molecule has 0 saturated carbocycles. The second-order valence-corrected chi connectivity index (χ2v) is 9.05. The molecule has 1 saturated heterocycles. The lowest BCUT2D eigenvalue weighted by atomic mass is 10.1. The Morgan fingerprint density at radius 3 is 2.51 bits per heavy atom. The summed E-state index contributed by atoms with van der Waals surface area (Å²) in [6, 6.07) is 19.9. The van der Waals surface area contributed by atoms with Gasteiger partial charge < -0.3 is 9.47 Å². The highest BCUT2D eigenvalue weighted by Gasteiger charge is 2.33. The summed E-state index contributed by atoms with van der Waals surface area (Å²) in [5.74, 6) is -0.117. The molecular formula is C26H21FN2O4S2. The number of ether oxygens (including phenoxy) is 2. The lowest BCUT2D eigenvalue weighted by Crippen LogP contribution is -2.44. The molecular weight excluding hydrogens is 487 g/mol. The number of rotatable bonds is 8. The van der Waals surface area contributed by atoms with Crippen LogP contribution in [-0.4, -0.2) is 27.8 Å². The SMILES string of the molecule is CCOc1cc(/C=C2\SC(=S)N(NC(=O)c3ccccc3)C2=O)ccc1OCc1ccc(F)cc1.